The minimum atomic E-state index is 0.692. The second-order valence-electron chi connectivity index (χ2n) is 6.87. The number of nitrogens with zero attached hydrogens (tertiary/aromatic N) is 1. The van der Waals surface area contributed by atoms with Gasteiger partial charge in [-0.15, -0.1) is 0 Å². The highest BCUT2D eigenvalue weighted by atomic mass is 16.5. The first-order valence-corrected chi connectivity index (χ1v) is 9.29. The van der Waals surface area contributed by atoms with Crippen LogP contribution in [0.5, 0.6) is 0 Å². The van der Waals surface area contributed by atoms with E-state index in [-0.39, 0.29) is 0 Å². The maximum absolute atomic E-state index is 5.94. The third-order valence-electron chi connectivity index (χ3n) is 4.82. The quantitative estimate of drug-likeness (QED) is 0.613. The molecule has 0 amide bonds. The number of benzene rings is 1. The standard InChI is InChI=1S/C21H33NO/c1-4-6-7-21(5-2)23-17-20-10-8-18(9-11-20)16-19-12-14-22(3)15-13-19/h7-11,19H,4-6,12-17H2,1-3H3/b21-7+. The molecule has 0 bridgehead atoms. The lowest BCUT2D eigenvalue weighted by atomic mass is 9.90. The summed E-state index contributed by atoms with van der Waals surface area (Å²) in [7, 11) is 2.23. The normalized spacial score (nSPS) is 17.4. The highest BCUT2D eigenvalue weighted by Gasteiger charge is 2.16. The average molecular weight is 316 g/mol. The lowest BCUT2D eigenvalue weighted by Gasteiger charge is -2.29. The summed E-state index contributed by atoms with van der Waals surface area (Å²) in [6.07, 6.45) is 9.40. The second kappa shape index (κ2) is 9.77. The van der Waals surface area contributed by atoms with Gasteiger partial charge in [0.25, 0.3) is 0 Å². The Kier molecular flexibility index (Phi) is 7.67. The van der Waals surface area contributed by atoms with E-state index in [1.807, 2.05) is 0 Å². The molecule has 0 atom stereocenters. The van der Waals surface area contributed by atoms with Crippen molar-refractivity contribution in [1.29, 1.82) is 0 Å². The molecule has 1 aliphatic heterocycles. The van der Waals surface area contributed by atoms with Gasteiger partial charge in [0.1, 0.15) is 6.61 Å². The lowest BCUT2D eigenvalue weighted by molar-refractivity contribution is 0.190. The number of hydrogen-bond acceptors (Lipinski definition) is 2. The first kappa shape index (κ1) is 18.1. The van der Waals surface area contributed by atoms with Crippen LogP contribution in [0.4, 0.5) is 0 Å². The number of likely N-dealkylation sites (tertiary alicyclic amines) is 1. The minimum Gasteiger partial charge on any atom is -0.494 e. The summed E-state index contributed by atoms with van der Waals surface area (Å²) >= 11 is 0. The van der Waals surface area contributed by atoms with Crippen LogP contribution in [0, 0.1) is 5.92 Å². The molecule has 0 radical (unpaired) electrons. The number of allylic oxidation sites excluding steroid dienone is 2. The molecule has 1 fully saturated rings. The van der Waals surface area contributed by atoms with Crippen LogP contribution < -0.4 is 0 Å². The fraction of sp³-hybridized carbons (Fsp3) is 0.619. The van der Waals surface area contributed by atoms with E-state index in [2.05, 4.69) is 56.1 Å². The van der Waals surface area contributed by atoms with Crippen LogP contribution in [0.3, 0.4) is 0 Å². The summed E-state index contributed by atoms with van der Waals surface area (Å²) in [5.41, 5.74) is 2.74. The summed E-state index contributed by atoms with van der Waals surface area (Å²) < 4.78 is 5.94. The Labute approximate surface area is 142 Å². The molecule has 2 nitrogen and oxygen atoms in total. The first-order valence-electron chi connectivity index (χ1n) is 9.29. The van der Waals surface area contributed by atoms with Crippen molar-refractivity contribution in [2.75, 3.05) is 20.1 Å². The molecule has 0 N–H and O–H groups in total. The zero-order valence-electron chi connectivity index (χ0n) is 15.2. The van der Waals surface area contributed by atoms with Crippen LogP contribution in [-0.4, -0.2) is 25.0 Å². The molecular weight excluding hydrogens is 282 g/mol. The van der Waals surface area contributed by atoms with E-state index in [9.17, 15) is 0 Å². The van der Waals surface area contributed by atoms with Crippen molar-refractivity contribution in [3.8, 4) is 0 Å². The molecule has 1 aromatic carbocycles. The summed E-state index contributed by atoms with van der Waals surface area (Å²) in [5, 5.41) is 0. The van der Waals surface area contributed by atoms with Crippen LogP contribution in [-0.2, 0) is 17.8 Å². The summed E-state index contributed by atoms with van der Waals surface area (Å²) in [6, 6.07) is 9.05. The SMILES string of the molecule is CCC/C=C(\CC)OCc1ccc(CC2CCN(C)CC2)cc1. The van der Waals surface area contributed by atoms with Crippen molar-refractivity contribution >= 4 is 0 Å². The van der Waals surface area contributed by atoms with E-state index in [1.165, 1.54) is 49.9 Å². The Bertz CT molecular complexity index is 469. The summed E-state index contributed by atoms with van der Waals surface area (Å²) in [4.78, 5) is 2.44. The van der Waals surface area contributed by atoms with Gasteiger partial charge < -0.3 is 9.64 Å². The zero-order chi connectivity index (χ0) is 16.5. The minimum absolute atomic E-state index is 0.692. The van der Waals surface area contributed by atoms with Gasteiger partial charge in [-0.2, -0.15) is 0 Å². The van der Waals surface area contributed by atoms with E-state index in [0.717, 1.165) is 24.5 Å². The van der Waals surface area contributed by atoms with Crippen LogP contribution >= 0.6 is 0 Å². The van der Waals surface area contributed by atoms with Crippen molar-refractivity contribution in [2.45, 2.75) is 59.0 Å². The topological polar surface area (TPSA) is 12.5 Å². The van der Waals surface area contributed by atoms with Crippen molar-refractivity contribution in [3.05, 3.63) is 47.2 Å². The van der Waals surface area contributed by atoms with E-state index >= 15 is 0 Å². The maximum Gasteiger partial charge on any atom is 0.113 e. The van der Waals surface area contributed by atoms with Gasteiger partial charge in [0, 0.05) is 6.42 Å². The van der Waals surface area contributed by atoms with E-state index in [1.54, 1.807) is 0 Å². The molecule has 0 saturated carbocycles. The molecule has 0 aliphatic carbocycles. The van der Waals surface area contributed by atoms with Crippen molar-refractivity contribution in [2.24, 2.45) is 5.92 Å². The fourth-order valence-corrected chi connectivity index (χ4v) is 3.16. The highest BCUT2D eigenvalue weighted by Crippen LogP contribution is 2.21. The molecule has 128 valence electrons. The summed E-state index contributed by atoms with van der Waals surface area (Å²) in [6.45, 7) is 7.55. The van der Waals surface area contributed by atoms with Gasteiger partial charge in [-0.25, -0.2) is 0 Å². The highest BCUT2D eigenvalue weighted by molar-refractivity contribution is 5.22. The van der Waals surface area contributed by atoms with Gasteiger partial charge in [-0.1, -0.05) is 44.5 Å². The molecule has 23 heavy (non-hydrogen) atoms. The number of piperidine rings is 1. The van der Waals surface area contributed by atoms with Crippen molar-refractivity contribution in [3.63, 3.8) is 0 Å². The number of rotatable bonds is 8. The third kappa shape index (κ3) is 6.39. The fourth-order valence-electron chi connectivity index (χ4n) is 3.16. The van der Waals surface area contributed by atoms with Gasteiger partial charge in [0.05, 0.1) is 5.76 Å². The van der Waals surface area contributed by atoms with Crippen LogP contribution in [0.25, 0.3) is 0 Å². The molecule has 1 aliphatic rings. The van der Waals surface area contributed by atoms with Gasteiger partial charge in [0.15, 0.2) is 0 Å². The van der Waals surface area contributed by atoms with E-state index in [4.69, 9.17) is 4.74 Å². The van der Waals surface area contributed by atoms with Crippen LogP contribution in [0.1, 0.15) is 57.1 Å². The van der Waals surface area contributed by atoms with Crippen molar-refractivity contribution in [1.82, 2.24) is 4.90 Å². The lowest BCUT2D eigenvalue weighted by Crippen LogP contribution is -2.30. The van der Waals surface area contributed by atoms with Gasteiger partial charge >= 0.3 is 0 Å². The predicted molar refractivity (Wildman–Crippen MR) is 98.4 cm³/mol. The average Bonchev–Trinajstić information content (AvgIpc) is 2.58. The summed E-state index contributed by atoms with van der Waals surface area (Å²) in [5.74, 6) is 1.99. The molecule has 0 spiro atoms. The Hall–Kier alpha value is -1.28. The molecule has 2 rings (SSSR count). The van der Waals surface area contributed by atoms with Crippen LogP contribution in [0.2, 0.25) is 0 Å². The molecular formula is C21H33NO. The second-order valence-corrected chi connectivity index (χ2v) is 6.87. The predicted octanol–water partition coefficient (Wildman–Crippen LogP) is 5.18. The van der Waals surface area contributed by atoms with E-state index in [0.29, 0.717) is 6.61 Å². The van der Waals surface area contributed by atoms with Gasteiger partial charge in [0.2, 0.25) is 0 Å². The molecule has 1 saturated heterocycles. The Morgan fingerprint density at radius 3 is 2.39 bits per heavy atom. The Morgan fingerprint density at radius 1 is 1.13 bits per heavy atom. The third-order valence-corrected chi connectivity index (χ3v) is 4.82. The van der Waals surface area contributed by atoms with Gasteiger partial charge in [-0.05, 0) is 68.9 Å². The van der Waals surface area contributed by atoms with Gasteiger partial charge in [-0.3, -0.25) is 0 Å². The first-order chi connectivity index (χ1) is 11.2. The monoisotopic (exact) mass is 315 g/mol. The Morgan fingerprint density at radius 2 is 1.78 bits per heavy atom. The number of unbranched alkanes of at least 4 members (excludes halogenated alkanes) is 1. The number of hydrogen-bond donors (Lipinski definition) is 0. The zero-order valence-corrected chi connectivity index (χ0v) is 15.2. The van der Waals surface area contributed by atoms with Crippen molar-refractivity contribution < 1.29 is 4.74 Å². The van der Waals surface area contributed by atoms with E-state index < -0.39 is 0 Å². The maximum atomic E-state index is 5.94. The Balaban J connectivity index is 1.80. The smallest absolute Gasteiger partial charge is 0.113 e. The largest absolute Gasteiger partial charge is 0.494 e. The molecule has 2 heteroatoms. The van der Waals surface area contributed by atoms with Crippen LogP contribution in [0.15, 0.2) is 36.1 Å². The number of ether oxygens (including phenoxy) is 1. The molecule has 1 heterocycles. The molecule has 0 aromatic heterocycles. The molecule has 1 aromatic rings. The molecule has 0 unspecified atom stereocenters.